The monoisotopic (exact) mass is 544 g/mol. The van der Waals surface area contributed by atoms with Crippen LogP contribution in [0, 0.1) is 0 Å². The standard InChI is InChI=1S/C27H33ClN4O4S/c1-2-3-14-35-27(34)36-18-32-23-17-22(28)19(15-20(23)16-25(32)33)8-9-30-10-12-31(13-11-30)26-21-6-4-5-7-24(21)37-29-26/h4-7,15,17,25,33H,2-3,8-14,16,18H2,1H3. The number of hydrogen-bond donors (Lipinski definition) is 1. The molecule has 1 aromatic heterocycles. The highest BCUT2D eigenvalue weighted by Gasteiger charge is 2.30. The van der Waals surface area contributed by atoms with Gasteiger partial charge in [-0.2, -0.15) is 4.37 Å². The molecule has 10 heteroatoms. The van der Waals surface area contributed by atoms with Gasteiger partial charge in [-0.3, -0.25) is 4.90 Å². The minimum atomic E-state index is -0.764. The molecule has 1 saturated heterocycles. The molecule has 1 unspecified atom stereocenters. The Balaban J connectivity index is 1.14. The van der Waals surface area contributed by atoms with E-state index >= 15 is 0 Å². The zero-order valence-electron chi connectivity index (χ0n) is 21.1. The second-order valence-electron chi connectivity index (χ2n) is 9.53. The van der Waals surface area contributed by atoms with Crippen molar-refractivity contribution in [3.05, 3.63) is 52.5 Å². The number of aliphatic hydroxyl groups excluding tert-OH is 1. The van der Waals surface area contributed by atoms with E-state index in [1.54, 1.807) is 16.4 Å². The number of unbranched alkanes of at least 4 members (excludes halogenated alkanes) is 1. The first-order chi connectivity index (χ1) is 18.0. The zero-order chi connectivity index (χ0) is 25.8. The maximum absolute atomic E-state index is 11.8. The molecule has 2 aromatic carbocycles. The Labute approximate surface area is 226 Å². The van der Waals surface area contributed by atoms with Crippen LogP contribution in [0.3, 0.4) is 0 Å². The fourth-order valence-electron chi connectivity index (χ4n) is 4.93. The Bertz CT molecular complexity index is 1230. The summed E-state index contributed by atoms with van der Waals surface area (Å²) >= 11 is 8.22. The maximum Gasteiger partial charge on any atom is 0.510 e. The summed E-state index contributed by atoms with van der Waals surface area (Å²) in [6, 6.07) is 12.4. The molecule has 0 aliphatic carbocycles. The van der Waals surface area contributed by atoms with Gasteiger partial charge in [0.25, 0.3) is 0 Å². The van der Waals surface area contributed by atoms with Gasteiger partial charge in [-0.25, -0.2) is 4.79 Å². The molecule has 8 nitrogen and oxygen atoms in total. The predicted molar refractivity (Wildman–Crippen MR) is 148 cm³/mol. The van der Waals surface area contributed by atoms with Gasteiger partial charge in [0.05, 0.1) is 11.3 Å². The van der Waals surface area contributed by atoms with E-state index in [-0.39, 0.29) is 6.73 Å². The number of anilines is 2. The molecule has 3 heterocycles. The Morgan fingerprint density at radius 3 is 2.81 bits per heavy atom. The first-order valence-corrected chi connectivity index (χ1v) is 14.1. The van der Waals surface area contributed by atoms with Crippen molar-refractivity contribution < 1.29 is 19.4 Å². The molecular formula is C27H33ClN4O4S. The molecule has 0 bridgehead atoms. The number of carbonyl (C=O) groups excluding carboxylic acids is 1. The van der Waals surface area contributed by atoms with Crippen LogP contribution in [0.2, 0.25) is 5.02 Å². The summed E-state index contributed by atoms with van der Waals surface area (Å²) in [6.07, 6.45) is 1.55. The van der Waals surface area contributed by atoms with Crippen LogP contribution in [0.15, 0.2) is 36.4 Å². The van der Waals surface area contributed by atoms with Crippen molar-refractivity contribution in [1.82, 2.24) is 9.27 Å². The van der Waals surface area contributed by atoms with E-state index in [4.69, 9.17) is 25.4 Å². The average Bonchev–Trinajstić information content (AvgIpc) is 3.47. The van der Waals surface area contributed by atoms with E-state index in [0.717, 1.165) is 74.6 Å². The third kappa shape index (κ3) is 5.95. The fourth-order valence-corrected chi connectivity index (χ4v) is 5.98. The van der Waals surface area contributed by atoms with Crippen LogP contribution in [-0.4, -0.2) is 72.8 Å². The number of ether oxygens (including phenoxy) is 2. The van der Waals surface area contributed by atoms with Gasteiger partial charge in [0.2, 0.25) is 0 Å². The maximum atomic E-state index is 11.8. The van der Waals surface area contributed by atoms with E-state index in [1.807, 2.05) is 13.0 Å². The fraction of sp³-hybridized carbons (Fsp3) is 0.481. The van der Waals surface area contributed by atoms with Crippen molar-refractivity contribution in [3.63, 3.8) is 0 Å². The smallest absolute Gasteiger partial charge is 0.434 e. The summed E-state index contributed by atoms with van der Waals surface area (Å²) in [5.74, 6) is 1.10. The number of aromatic nitrogens is 1. The molecule has 5 rings (SSSR count). The van der Waals surface area contributed by atoms with Crippen LogP contribution >= 0.6 is 23.1 Å². The Hall–Kier alpha value is -2.59. The van der Waals surface area contributed by atoms with Gasteiger partial charge in [-0.05, 0) is 53.7 Å². The number of fused-ring (bicyclic) bond motifs is 2. The van der Waals surface area contributed by atoms with Crippen LogP contribution < -0.4 is 9.80 Å². The summed E-state index contributed by atoms with van der Waals surface area (Å²) in [4.78, 5) is 18.3. The first-order valence-electron chi connectivity index (χ1n) is 12.9. The highest BCUT2D eigenvalue weighted by atomic mass is 35.5. The molecule has 1 fully saturated rings. The number of aliphatic hydroxyl groups is 1. The van der Waals surface area contributed by atoms with E-state index in [9.17, 15) is 9.90 Å². The first kappa shape index (κ1) is 26.0. The molecule has 3 aromatic rings. The Morgan fingerprint density at radius 2 is 2.00 bits per heavy atom. The Morgan fingerprint density at radius 1 is 1.19 bits per heavy atom. The van der Waals surface area contributed by atoms with Gasteiger partial charge >= 0.3 is 6.16 Å². The number of hydrogen-bond acceptors (Lipinski definition) is 9. The van der Waals surface area contributed by atoms with Crippen LogP contribution in [0.1, 0.15) is 30.9 Å². The summed E-state index contributed by atoms with van der Waals surface area (Å²) < 4.78 is 16.2. The van der Waals surface area contributed by atoms with Crippen LogP contribution in [-0.2, 0) is 22.3 Å². The largest absolute Gasteiger partial charge is 0.510 e. The van der Waals surface area contributed by atoms with Gasteiger partial charge in [0.15, 0.2) is 6.73 Å². The molecule has 0 amide bonds. The summed E-state index contributed by atoms with van der Waals surface area (Å²) in [5, 5.41) is 12.5. The van der Waals surface area contributed by atoms with Crippen molar-refractivity contribution in [3.8, 4) is 0 Å². The molecule has 198 valence electrons. The van der Waals surface area contributed by atoms with Crippen LogP contribution in [0.5, 0.6) is 0 Å². The Kier molecular flexibility index (Phi) is 8.34. The molecule has 0 radical (unpaired) electrons. The minimum Gasteiger partial charge on any atom is -0.434 e. The second-order valence-corrected chi connectivity index (χ2v) is 10.7. The van der Waals surface area contributed by atoms with E-state index in [1.165, 1.54) is 10.1 Å². The normalized spacial score (nSPS) is 17.9. The highest BCUT2D eigenvalue weighted by Crippen LogP contribution is 2.36. The lowest BCUT2D eigenvalue weighted by Crippen LogP contribution is -2.47. The number of piperazine rings is 1. The predicted octanol–water partition coefficient (Wildman–Crippen LogP) is 4.91. The summed E-state index contributed by atoms with van der Waals surface area (Å²) in [6.45, 7) is 7.06. The van der Waals surface area contributed by atoms with E-state index < -0.39 is 12.4 Å². The average molecular weight is 545 g/mol. The molecule has 37 heavy (non-hydrogen) atoms. The number of halogens is 1. The lowest BCUT2D eigenvalue weighted by molar-refractivity contribution is 0.0451. The molecule has 2 aliphatic heterocycles. The van der Waals surface area contributed by atoms with Crippen LogP contribution in [0.25, 0.3) is 10.1 Å². The number of benzene rings is 2. The zero-order valence-corrected chi connectivity index (χ0v) is 22.6. The molecule has 1 atom stereocenters. The van der Waals surface area contributed by atoms with E-state index in [2.05, 4.69) is 40.1 Å². The van der Waals surface area contributed by atoms with Crippen molar-refractivity contribution in [2.45, 2.75) is 38.8 Å². The SMILES string of the molecule is CCCCOC(=O)OCN1c2cc(Cl)c(CCN3CCN(c4nsc5ccccc45)CC3)cc2CC1O. The molecule has 0 saturated carbocycles. The quantitative estimate of drug-likeness (QED) is 0.301. The van der Waals surface area contributed by atoms with Gasteiger partial charge in [-0.15, -0.1) is 0 Å². The third-order valence-electron chi connectivity index (χ3n) is 7.09. The van der Waals surface area contributed by atoms with Gasteiger partial charge in [0.1, 0.15) is 12.0 Å². The van der Waals surface area contributed by atoms with Crippen molar-refractivity contribution in [2.24, 2.45) is 0 Å². The van der Waals surface area contributed by atoms with Crippen LogP contribution in [0.4, 0.5) is 16.3 Å². The van der Waals surface area contributed by atoms with Gasteiger partial charge < -0.3 is 24.4 Å². The highest BCUT2D eigenvalue weighted by molar-refractivity contribution is 7.13. The lowest BCUT2D eigenvalue weighted by atomic mass is 10.1. The molecule has 1 N–H and O–H groups in total. The van der Waals surface area contributed by atoms with Crippen molar-refractivity contribution >= 4 is 50.9 Å². The second kappa shape index (κ2) is 11.9. The third-order valence-corrected chi connectivity index (χ3v) is 8.26. The lowest BCUT2D eigenvalue weighted by Gasteiger charge is -2.35. The summed E-state index contributed by atoms with van der Waals surface area (Å²) in [5.41, 5.74) is 2.88. The van der Waals surface area contributed by atoms with Crippen molar-refractivity contribution in [1.29, 1.82) is 0 Å². The minimum absolute atomic E-state index is 0.0760. The number of nitrogens with zero attached hydrogens (tertiary/aromatic N) is 4. The van der Waals surface area contributed by atoms with E-state index in [0.29, 0.717) is 18.1 Å². The van der Waals surface area contributed by atoms with Gasteiger partial charge in [-0.1, -0.05) is 43.1 Å². The molecule has 0 spiro atoms. The number of rotatable bonds is 9. The van der Waals surface area contributed by atoms with Gasteiger partial charge in [0, 0.05) is 55.2 Å². The van der Waals surface area contributed by atoms with Crippen molar-refractivity contribution in [2.75, 3.05) is 55.9 Å². The molecule has 2 aliphatic rings. The summed E-state index contributed by atoms with van der Waals surface area (Å²) in [7, 11) is 0. The molecular weight excluding hydrogens is 512 g/mol. The topological polar surface area (TPSA) is 78.4 Å². The number of carbonyl (C=O) groups is 1.